The van der Waals surface area contributed by atoms with E-state index in [1.807, 2.05) is 6.20 Å². The molecule has 0 unspecified atom stereocenters. The average Bonchev–Trinajstić information content (AvgIpc) is 3.81. The lowest BCUT2D eigenvalue weighted by Crippen LogP contribution is -2.39. The van der Waals surface area contributed by atoms with E-state index < -0.39 is 11.5 Å². The van der Waals surface area contributed by atoms with Gasteiger partial charge in [0.25, 0.3) is 0 Å². The number of aryl methyl sites for hydroxylation is 1. The summed E-state index contributed by atoms with van der Waals surface area (Å²) >= 11 is 1.55. The van der Waals surface area contributed by atoms with Gasteiger partial charge in [-0.2, -0.15) is 10.4 Å². The Hall–Kier alpha value is -3.53. The lowest BCUT2D eigenvalue weighted by molar-refractivity contribution is 0.154. The highest BCUT2D eigenvalue weighted by molar-refractivity contribution is 7.16. The Bertz CT molecular complexity index is 1780. The summed E-state index contributed by atoms with van der Waals surface area (Å²) in [7, 11) is 2.19. The first-order chi connectivity index (χ1) is 21.4. The molecule has 0 amide bonds. The van der Waals surface area contributed by atoms with Gasteiger partial charge in [-0.15, -0.1) is 11.3 Å². The molecule has 0 bridgehead atoms. The summed E-state index contributed by atoms with van der Waals surface area (Å²) in [5, 5.41) is 31.8. The SMILES string of the molecule is C[C@@H]([C@@H]1CCCN1C)n1ncc2c(N3CCC[C@@H](O)C3)nc(-c3noc4c3CCC[C@@]43CCCc4sc(N)c(C#N)c43)nc21. The Morgan fingerprint density at radius 1 is 1.16 bits per heavy atom. The second-order valence-electron chi connectivity index (χ2n) is 13.2. The quantitative estimate of drug-likeness (QED) is 0.336. The van der Waals surface area contributed by atoms with Crippen LogP contribution in [0.15, 0.2) is 10.7 Å². The molecule has 8 rings (SSSR count). The molecule has 2 saturated heterocycles. The number of fused-ring (bicyclic) bond motifs is 5. The van der Waals surface area contributed by atoms with Crippen molar-refractivity contribution in [2.24, 2.45) is 0 Å². The molecule has 11 nitrogen and oxygen atoms in total. The van der Waals surface area contributed by atoms with Crippen LogP contribution in [0, 0.1) is 11.3 Å². The molecule has 2 fully saturated rings. The number of aliphatic hydroxyl groups excluding tert-OH is 1. The molecule has 2 aliphatic heterocycles. The standard InChI is InChI=1S/C32H39N9O2S/c1-18(23-9-6-13-39(23)2)41-31-22(16-35-41)30(40-14-5-7-19(42)17-40)36-29(37-31)26-20-8-3-11-32(27(20)43-38-26)12-4-10-24-25(32)21(15-33)28(34)44-24/h16,18-19,23,42H,3-14,17,34H2,1-2H3/t18-,19+,23-,32-/m0/s1. The normalized spacial score (nSPS) is 26.2. The van der Waals surface area contributed by atoms with Gasteiger partial charge in [0.05, 0.1) is 34.7 Å². The Morgan fingerprint density at radius 2 is 1.98 bits per heavy atom. The van der Waals surface area contributed by atoms with Crippen LogP contribution in [0.1, 0.15) is 91.7 Å². The minimum Gasteiger partial charge on any atom is -0.391 e. The predicted octanol–water partition coefficient (Wildman–Crippen LogP) is 4.57. The summed E-state index contributed by atoms with van der Waals surface area (Å²) in [6.45, 7) is 4.65. The van der Waals surface area contributed by atoms with E-state index in [9.17, 15) is 10.4 Å². The minimum atomic E-state index is -0.404. The minimum absolute atomic E-state index is 0.131. The lowest BCUT2D eigenvalue weighted by atomic mass is 9.63. The van der Waals surface area contributed by atoms with Gasteiger partial charge in [-0.25, -0.2) is 14.6 Å². The lowest BCUT2D eigenvalue weighted by Gasteiger charge is -2.39. The molecule has 4 atom stereocenters. The first kappa shape index (κ1) is 28.0. The summed E-state index contributed by atoms with van der Waals surface area (Å²) in [4.78, 5) is 16.1. The van der Waals surface area contributed by atoms with E-state index in [1.165, 1.54) is 11.3 Å². The summed E-state index contributed by atoms with van der Waals surface area (Å²) in [6.07, 6.45) is 11.0. The van der Waals surface area contributed by atoms with Crippen LogP contribution < -0.4 is 10.6 Å². The molecular formula is C32H39N9O2S. The van der Waals surface area contributed by atoms with E-state index in [-0.39, 0.29) is 6.04 Å². The maximum atomic E-state index is 10.6. The largest absolute Gasteiger partial charge is 0.391 e. The molecule has 6 heterocycles. The smallest absolute Gasteiger partial charge is 0.186 e. The number of anilines is 2. The van der Waals surface area contributed by atoms with Gasteiger partial charge in [0.1, 0.15) is 16.9 Å². The number of hydrogen-bond donors (Lipinski definition) is 2. The van der Waals surface area contributed by atoms with Gasteiger partial charge in [-0.05, 0) is 90.3 Å². The highest BCUT2D eigenvalue weighted by atomic mass is 32.1. The maximum absolute atomic E-state index is 10.6. The molecule has 230 valence electrons. The van der Waals surface area contributed by atoms with Crippen molar-refractivity contribution >= 4 is 33.2 Å². The van der Waals surface area contributed by atoms with Crippen molar-refractivity contribution in [3.8, 4) is 17.6 Å². The van der Waals surface area contributed by atoms with Crippen LogP contribution in [-0.2, 0) is 18.3 Å². The highest BCUT2D eigenvalue weighted by Gasteiger charge is 2.49. The summed E-state index contributed by atoms with van der Waals surface area (Å²) in [6, 6.07) is 2.92. The molecule has 2 aliphatic carbocycles. The molecule has 0 saturated carbocycles. The summed E-state index contributed by atoms with van der Waals surface area (Å²) in [5.41, 5.74) is 10.1. The fraction of sp³-hybridized carbons (Fsp3) is 0.594. The Balaban J connectivity index is 1.29. The van der Waals surface area contributed by atoms with Gasteiger partial charge < -0.3 is 25.2 Å². The third-order valence-electron chi connectivity index (χ3n) is 10.7. The monoisotopic (exact) mass is 613 g/mol. The number of nitrogens with zero attached hydrogens (tertiary/aromatic N) is 8. The fourth-order valence-electron chi connectivity index (χ4n) is 8.63. The fourth-order valence-corrected chi connectivity index (χ4v) is 9.79. The molecule has 0 aromatic carbocycles. The molecule has 4 aromatic heterocycles. The van der Waals surface area contributed by atoms with Crippen LogP contribution in [0.3, 0.4) is 0 Å². The van der Waals surface area contributed by atoms with E-state index in [0.717, 1.165) is 105 Å². The van der Waals surface area contributed by atoms with Gasteiger partial charge in [-0.1, -0.05) is 5.16 Å². The van der Waals surface area contributed by atoms with Crippen LogP contribution in [0.2, 0.25) is 0 Å². The molecule has 4 aliphatic rings. The second kappa shape index (κ2) is 10.5. The third kappa shape index (κ3) is 4.12. The van der Waals surface area contributed by atoms with Crippen LogP contribution in [0.5, 0.6) is 0 Å². The van der Waals surface area contributed by atoms with Crippen molar-refractivity contribution in [3.05, 3.63) is 33.5 Å². The number of hydrogen-bond acceptors (Lipinski definition) is 11. The Morgan fingerprint density at radius 3 is 2.75 bits per heavy atom. The van der Waals surface area contributed by atoms with Crippen molar-refractivity contribution in [3.63, 3.8) is 0 Å². The third-order valence-corrected chi connectivity index (χ3v) is 11.8. The molecule has 44 heavy (non-hydrogen) atoms. The van der Waals surface area contributed by atoms with E-state index >= 15 is 0 Å². The molecule has 1 spiro atoms. The van der Waals surface area contributed by atoms with Gasteiger partial charge in [0, 0.05) is 29.6 Å². The zero-order chi connectivity index (χ0) is 30.2. The van der Waals surface area contributed by atoms with E-state index in [1.54, 1.807) is 11.3 Å². The number of likely N-dealkylation sites (tertiary alicyclic amines) is 1. The Kier molecular flexibility index (Phi) is 6.70. The number of nitriles is 1. The van der Waals surface area contributed by atoms with Crippen LogP contribution >= 0.6 is 11.3 Å². The second-order valence-corrected chi connectivity index (χ2v) is 14.4. The molecule has 4 aromatic rings. The topological polar surface area (TPSA) is 146 Å². The van der Waals surface area contributed by atoms with E-state index in [4.69, 9.17) is 30.5 Å². The van der Waals surface area contributed by atoms with Gasteiger partial charge in [-0.3, -0.25) is 0 Å². The molecule has 3 N–H and O–H groups in total. The van der Waals surface area contributed by atoms with E-state index in [2.05, 4.69) is 34.5 Å². The van der Waals surface area contributed by atoms with Gasteiger partial charge >= 0.3 is 0 Å². The van der Waals surface area contributed by atoms with Crippen LogP contribution in [0.4, 0.5) is 10.8 Å². The summed E-state index contributed by atoms with van der Waals surface area (Å²) < 4.78 is 8.37. The number of piperidine rings is 1. The number of likely N-dealkylation sites (N-methyl/N-ethyl adjacent to an activating group) is 1. The van der Waals surface area contributed by atoms with Crippen LogP contribution in [-0.4, -0.2) is 73.7 Å². The molecular weight excluding hydrogens is 574 g/mol. The van der Waals surface area contributed by atoms with Crippen molar-refractivity contribution < 1.29 is 9.63 Å². The molecule has 0 radical (unpaired) electrons. The first-order valence-corrected chi connectivity index (χ1v) is 16.9. The molecule has 12 heteroatoms. The predicted molar refractivity (Wildman–Crippen MR) is 169 cm³/mol. The summed E-state index contributed by atoms with van der Waals surface area (Å²) in [5.74, 6) is 2.17. The van der Waals surface area contributed by atoms with E-state index in [0.29, 0.717) is 34.7 Å². The number of rotatable bonds is 4. The number of nitrogens with two attached hydrogens (primary N) is 1. The number of aliphatic hydroxyl groups is 1. The number of thiophene rings is 1. The van der Waals surface area contributed by atoms with Crippen molar-refractivity contribution in [1.82, 2.24) is 29.8 Å². The van der Waals surface area contributed by atoms with Gasteiger partial charge in [0.2, 0.25) is 0 Å². The van der Waals surface area contributed by atoms with Crippen molar-refractivity contribution in [1.29, 1.82) is 5.26 Å². The average molecular weight is 614 g/mol. The number of β-amino-alcohol motifs (C(OH)–C–C–N with tert-alkyl or cyclic N) is 1. The number of aromatic nitrogens is 5. The Labute approximate surface area is 260 Å². The van der Waals surface area contributed by atoms with Crippen molar-refractivity contribution in [2.75, 3.05) is 37.3 Å². The highest BCUT2D eigenvalue weighted by Crippen LogP contribution is 2.55. The zero-order valence-electron chi connectivity index (χ0n) is 25.4. The van der Waals surface area contributed by atoms with Gasteiger partial charge in [0.15, 0.2) is 22.9 Å². The van der Waals surface area contributed by atoms with Crippen molar-refractivity contribution in [2.45, 2.75) is 94.7 Å². The zero-order valence-corrected chi connectivity index (χ0v) is 26.2. The first-order valence-electron chi connectivity index (χ1n) is 16.1. The van der Waals surface area contributed by atoms with Crippen LogP contribution in [0.25, 0.3) is 22.6 Å². The number of nitrogen functional groups attached to an aromatic ring is 1. The maximum Gasteiger partial charge on any atom is 0.186 e.